The number of aromatic nitrogens is 2. The summed E-state index contributed by atoms with van der Waals surface area (Å²) < 4.78 is 19.0. The van der Waals surface area contributed by atoms with Crippen molar-refractivity contribution >= 4 is 17.0 Å². The first-order valence-corrected chi connectivity index (χ1v) is 8.46. The van der Waals surface area contributed by atoms with Gasteiger partial charge in [-0.15, -0.1) is 0 Å². The van der Waals surface area contributed by atoms with Gasteiger partial charge in [0.05, 0.1) is 11.0 Å². The molecule has 3 aromatic rings. The van der Waals surface area contributed by atoms with Crippen molar-refractivity contribution in [2.45, 2.75) is 26.4 Å². The van der Waals surface area contributed by atoms with Gasteiger partial charge >= 0.3 is 11.7 Å². The molecule has 1 aromatic heterocycles. The summed E-state index contributed by atoms with van der Waals surface area (Å²) in [6, 6.07) is 12.4. The topological polar surface area (TPSA) is 71.7 Å². The zero-order valence-electron chi connectivity index (χ0n) is 14.3. The summed E-state index contributed by atoms with van der Waals surface area (Å²) in [4.78, 5) is 25.1. The first kappa shape index (κ1) is 16.3. The zero-order valence-corrected chi connectivity index (χ0v) is 14.3. The minimum absolute atomic E-state index is 0.152. The monoisotopic (exact) mass is 354 g/mol. The summed E-state index contributed by atoms with van der Waals surface area (Å²) in [6.45, 7) is 2.60. The highest BCUT2D eigenvalue weighted by molar-refractivity contribution is 5.79. The molecule has 0 aliphatic carbocycles. The van der Waals surface area contributed by atoms with Crippen LogP contribution in [0.5, 0.6) is 17.2 Å². The first-order chi connectivity index (χ1) is 12.7. The molecule has 4 rings (SSSR count). The van der Waals surface area contributed by atoms with Gasteiger partial charge in [0.15, 0.2) is 11.5 Å². The van der Waals surface area contributed by atoms with Crippen LogP contribution in [0.3, 0.4) is 0 Å². The smallest absolute Gasteiger partial charge is 0.331 e. The molecule has 0 amide bonds. The maximum absolute atomic E-state index is 12.7. The number of rotatable bonds is 5. The highest BCUT2D eigenvalue weighted by Crippen LogP contribution is 2.35. The van der Waals surface area contributed by atoms with Crippen LogP contribution in [0.15, 0.2) is 47.3 Å². The predicted octanol–water partition coefficient (Wildman–Crippen LogP) is 2.55. The Morgan fingerprint density at radius 1 is 1.08 bits per heavy atom. The normalized spacial score (nSPS) is 12.5. The average Bonchev–Trinajstić information content (AvgIpc) is 3.20. The third kappa shape index (κ3) is 2.81. The molecular weight excluding hydrogens is 336 g/mol. The van der Waals surface area contributed by atoms with Crippen LogP contribution >= 0.6 is 0 Å². The standard InChI is InChI=1S/C19H18N2O5/c1-2-9-20-14-5-3-4-6-15(14)21(19(20)23)11-18(22)26-13-7-8-16-17(10-13)25-12-24-16/h3-8,10H,2,9,11-12H2,1H3. The molecule has 0 unspecified atom stereocenters. The van der Waals surface area contributed by atoms with E-state index in [1.807, 2.05) is 31.2 Å². The summed E-state index contributed by atoms with van der Waals surface area (Å²) in [5.41, 5.74) is 1.32. The van der Waals surface area contributed by atoms with Gasteiger partial charge in [0.25, 0.3) is 0 Å². The van der Waals surface area contributed by atoms with Gasteiger partial charge in [0.2, 0.25) is 6.79 Å². The largest absolute Gasteiger partial charge is 0.454 e. The second-order valence-corrected chi connectivity index (χ2v) is 6.00. The molecule has 7 nitrogen and oxygen atoms in total. The lowest BCUT2D eigenvalue weighted by atomic mass is 10.3. The highest BCUT2D eigenvalue weighted by atomic mass is 16.7. The maximum atomic E-state index is 12.7. The quantitative estimate of drug-likeness (QED) is 0.520. The van der Waals surface area contributed by atoms with Crippen molar-refractivity contribution in [2.75, 3.05) is 6.79 Å². The van der Waals surface area contributed by atoms with Crippen LogP contribution in [-0.4, -0.2) is 21.9 Å². The molecule has 0 spiro atoms. The van der Waals surface area contributed by atoms with Crippen molar-refractivity contribution in [1.82, 2.24) is 9.13 Å². The summed E-state index contributed by atoms with van der Waals surface area (Å²) in [7, 11) is 0. The predicted molar refractivity (Wildman–Crippen MR) is 94.7 cm³/mol. The number of hydrogen-bond acceptors (Lipinski definition) is 5. The van der Waals surface area contributed by atoms with Gasteiger partial charge in [-0.2, -0.15) is 0 Å². The van der Waals surface area contributed by atoms with E-state index in [1.165, 1.54) is 4.57 Å². The van der Waals surface area contributed by atoms with Crippen molar-refractivity contribution in [1.29, 1.82) is 0 Å². The number of nitrogens with zero attached hydrogens (tertiary/aromatic N) is 2. The van der Waals surface area contributed by atoms with E-state index < -0.39 is 5.97 Å². The Hall–Kier alpha value is -3.22. The highest BCUT2D eigenvalue weighted by Gasteiger charge is 2.18. The Balaban J connectivity index is 1.60. The van der Waals surface area contributed by atoms with Crippen LogP contribution in [0.25, 0.3) is 11.0 Å². The number of ether oxygens (including phenoxy) is 3. The number of hydrogen-bond donors (Lipinski definition) is 0. The van der Waals surface area contributed by atoms with Crippen LogP contribution in [-0.2, 0) is 17.9 Å². The Morgan fingerprint density at radius 2 is 1.81 bits per heavy atom. The maximum Gasteiger partial charge on any atom is 0.331 e. The number of carbonyl (C=O) groups excluding carboxylic acids is 1. The Morgan fingerprint density at radius 3 is 2.58 bits per heavy atom. The first-order valence-electron chi connectivity index (χ1n) is 8.46. The third-order valence-corrected chi connectivity index (χ3v) is 4.24. The Kier molecular flexibility index (Phi) is 4.12. The second-order valence-electron chi connectivity index (χ2n) is 6.00. The van der Waals surface area contributed by atoms with E-state index in [9.17, 15) is 9.59 Å². The van der Waals surface area contributed by atoms with Crippen LogP contribution < -0.4 is 19.9 Å². The lowest BCUT2D eigenvalue weighted by Crippen LogP contribution is -2.28. The molecule has 1 aliphatic rings. The number of para-hydroxylation sites is 2. The molecule has 7 heteroatoms. The molecule has 0 saturated heterocycles. The SMILES string of the molecule is CCCn1c(=O)n(CC(=O)Oc2ccc3c(c2)OCO3)c2ccccc21. The van der Waals surface area contributed by atoms with Gasteiger partial charge < -0.3 is 14.2 Å². The number of esters is 1. The average molecular weight is 354 g/mol. The summed E-state index contributed by atoms with van der Waals surface area (Å²) in [5.74, 6) is 0.977. The summed E-state index contributed by atoms with van der Waals surface area (Å²) in [5, 5.41) is 0. The molecule has 1 aliphatic heterocycles. The molecule has 26 heavy (non-hydrogen) atoms. The van der Waals surface area contributed by atoms with Crippen LogP contribution in [0.4, 0.5) is 0 Å². The van der Waals surface area contributed by atoms with Gasteiger partial charge in [0.1, 0.15) is 12.3 Å². The van der Waals surface area contributed by atoms with Gasteiger partial charge in [0, 0.05) is 12.6 Å². The van der Waals surface area contributed by atoms with E-state index >= 15 is 0 Å². The summed E-state index contributed by atoms with van der Waals surface area (Å²) >= 11 is 0. The van der Waals surface area contributed by atoms with Gasteiger partial charge in [-0.05, 0) is 30.7 Å². The molecule has 2 aromatic carbocycles. The van der Waals surface area contributed by atoms with Gasteiger partial charge in [-0.25, -0.2) is 9.59 Å². The van der Waals surface area contributed by atoms with Crippen molar-refractivity contribution in [3.8, 4) is 17.2 Å². The van der Waals surface area contributed by atoms with E-state index in [0.717, 1.165) is 11.9 Å². The Bertz CT molecular complexity index is 1030. The molecule has 0 radical (unpaired) electrons. The van der Waals surface area contributed by atoms with Crippen molar-refractivity contribution in [3.63, 3.8) is 0 Å². The third-order valence-electron chi connectivity index (χ3n) is 4.24. The number of fused-ring (bicyclic) bond motifs is 2. The Labute approximate surface area is 149 Å². The van der Waals surface area contributed by atoms with Gasteiger partial charge in [-0.3, -0.25) is 9.13 Å². The van der Waals surface area contributed by atoms with E-state index in [2.05, 4.69) is 0 Å². The number of carbonyl (C=O) groups is 1. The van der Waals surface area contributed by atoms with Crippen molar-refractivity contribution < 1.29 is 19.0 Å². The molecule has 0 atom stereocenters. The minimum atomic E-state index is -0.523. The molecule has 0 N–H and O–H groups in total. The lowest BCUT2D eigenvalue weighted by molar-refractivity contribution is -0.135. The fraction of sp³-hybridized carbons (Fsp3) is 0.263. The zero-order chi connectivity index (χ0) is 18.1. The van der Waals surface area contributed by atoms with Crippen LogP contribution in [0.2, 0.25) is 0 Å². The fourth-order valence-electron chi connectivity index (χ4n) is 3.10. The fourth-order valence-corrected chi connectivity index (χ4v) is 3.10. The van der Waals surface area contributed by atoms with Crippen molar-refractivity contribution in [3.05, 3.63) is 52.9 Å². The number of aryl methyl sites for hydroxylation is 1. The minimum Gasteiger partial charge on any atom is -0.454 e. The number of imidazole rings is 1. The van der Waals surface area contributed by atoms with Gasteiger partial charge in [-0.1, -0.05) is 19.1 Å². The molecule has 0 bridgehead atoms. The molecule has 0 fully saturated rings. The van der Waals surface area contributed by atoms with Crippen molar-refractivity contribution in [2.24, 2.45) is 0 Å². The molecular formula is C19H18N2O5. The molecule has 0 saturated carbocycles. The van der Waals surface area contributed by atoms with Crippen LogP contribution in [0.1, 0.15) is 13.3 Å². The second kappa shape index (κ2) is 6.59. The molecule has 2 heterocycles. The molecule has 134 valence electrons. The lowest BCUT2D eigenvalue weighted by Gasteiger charge is -2.06. The van der Waals surface area contributed by atoms with E-state index in [1.54, 1.807) is 22.8 Å². The van der Waals surface area contributed by atoms with E-state index in [0.29, 0.717) is 29.3 Å². The van der Waals surface area contributed by atoms with E-state index in [4.69, 9.17) is 14.2 Å². The van der Waals surface area contributed by atoms with Crippen LogP contribution in [0, 0.1) is 0 Å². The van der Waals surface area contributed by atoms with E-state index in [-0.39, 0.29) is 19.0 Å². The number of benzene rings is 2. The summed E-state index contributed by atoms with van der Waals surface area (Å²) in [6.07, 6.45) is 0.829.